The van der Waals surface area contributed by atoms with E-state index in [4.69, 9.17) is 4.74 Å². The number of Topliss-reactive ketones (excluding diaryl/α,β-unsaturated/α-hetero) is 2. The highest BCUT2D eigenvalue weighted by Gasteiger charge is 2.49. The van der Waals surface area contributed by atoms with Gasteiger partial charge in [-0.2, -0.15) is 0 Å². The van der Waals surface area contributed by atoms with Gasteiger partial charge in [0, 0.05) is 22.8 Å². The van der Waals surface area contributed by atoms with E-state index >= 15 is 0 Å². The molecule has 7 heteroatoms. The zero-order chi connectivity index (χ0) is 17.8. The molecule has 3 rings (SSSR count). The summed E-state index contributed by atoms with van der Waals surface area (Å²) in [6.45, 7) is 1.41. The Morgan fingerprint density at radius 3 is 2.21 bits per heavy atom. The molecule has 7 nitrogen and oxygen atoms in total. The maximum atomic E-state index is 12.7. The van der Waals surface area contributed by atoms with E-state index in [1.165, 1.54) is 20.1 Å². The first-order valence-electron chi connectivity index (χ1n) is 7.29. The number of ketones is 2. The van der Waals surface area contributed by atoms with Crippen molar-refractivity contribution in [3.63, 3.8) is 0 Å². The topological polar surface area (TPSA) is 124 Å². The van der Waals surface area contributed by atoms with E-state index in [0.29, 0.717) is 0 Å². The molecule has 0 spiro atoms. The van der Waals surface area contributed by atoms with E-state index < -0.39 is 35.3 Å². The van der Waals surface area contributed by atoms with Crippen molar-refractivity contribution in [2.24, 2.45) is 11.8 Å². The molecule has 2 aliphatic carbocycles. The third-order valence-electron chi connectivity index (χ3n) is 4.41. The number of aromatic hydroxyl groups is 1. The Morgan fingerprint density at radius 2 is 1.62 bits per heavy atom. The summed E-state index contributed by atoms with van der Waals surface area (Å²) in [4.78, 5) is 25.5. The van der Waals surface area contributed by atoms with Crippen molar-refractivity contribution in [2.45, 2.75) is 13.0 Å². The largest absolute Gasteiger partial charge is 0.511 e. The summed E-state index contributed by atoms with van der Waals surface area (Å²) < 4.78 is 4.92. The number of aliphatic hydroxyl groups excluding tert-OH is 3. The van der Waals surface area contributed by atoms with Gasteiger partial charge in [0.15, 0.2) is 17.3 Å². The summed E-state index contributed by atoms with van der Waals surface area (Å²) in [7, 11) is 1.26. The minimum absolute atomic E-state index is 0.0106. The zero-order valence-electron chi connectivity index (χ0n) is 13.0. The Morgan fingerprint density at radius 1 is 1.04 bits per heavy atom. The number of allylic oxidation sites excluding steroid dienone is 3. The lowest BCUT2D eigenvalue weighted by molar-refractivity contribution is 0.0685. The third kappa shape index (κ3) is 2.09. The number of aliphatic hydroxyl groups is 3. The lowest BCUT2D eigenvalue weighted by atomic mass is 9.70. The van der Waals surface area contributed by atoms with E-state index in [9.17, 15) is 30.0 Å². The van der Waals surface area contributed by atoms with Crippen LogP contribution in [-0.4, -0.2) is 39.1 Å². The van der Waals surface area contributed by atoms with Crippen LogP contribution in [0.4, 0.5) is 0 Å². The molecule has 4 N–H and O–H groups in total. The van der Waals surface area contributed by atoms with Crippen LogP contribution in [0.25, 0.3) is 0 Å². The van der Waals surface area contributed by atoms with Crippen LogP contribution in [0.2, 0.25) is 0 Å². The molecule has 1 aromatic rings. The van der Waals surface area contributed by atoms with Crippen molar-refractivity contribution in [3.05, 3.63) is 52.2 Å². The molecule has 1 aromatic carbocycles. The van der Waals surface area contributed by atoms with Crippen molar-refractivity contribution in [3.8, 4) is 5.75 Å². The smallest absolute Gasteiger partial charge is 0.175 e. The number of ether oxygens (including phenoxy) is 1. The van der Waals surface area contributed by atoms with E-state index in [1.54, 1.807) is 0 Å². The number of hydrogen-bond acceptors (Lipinski definition) is 7. The average Bonchev–Trinajstić information content (AvgIpc) is 2.53. The average molecular weight is 332 g/mol. The normalized spacial score (nSPS) is 24.2. The van der Waals surface area contributed by atoms with Crippen LogP contribution in [0, 0.1) is 11.8 Å². The minimum atomic E-state index is -1.30. The van der Waals surface area contributed by atoms with Crippen LogP contribution in [0.3, 0.4) is 0 Å². The quantitative estimate of drug-likeness (QED) is 0.652. The summed E-state index contributed by atoms with van der Waals surface area (Å²) in [6.07, 6.45) is 0.0580. The number of benzene rings is 1. The van der Waals surface area contributed by atoms with Gasteiger partial charge in [0.2, 0.25) is 0 Å². The fourth-order valence-electron chi connectivity index (χ4n) is 3.19. The van der Waals surface area contributed by atoms with Crippen LogP contribution in [0.15, 0.2) is 35.5 Å². The molecular weight excluding hydrogens is 316 g/mol. The summed E-state index contributed by atoms with van der Waals surface area (Å²) in [5.41, 5.74) is 0.0217. The van der Waals surface area contributed by atoms with Gasteiger partial charge >= 0.3 is 0 Å². The number of rotatable bonds is 2. The molecule has 2 aliphatic rings. The van der Waals surface area contributed by atoms with Crippen LogP contribution in [-0.2, 0) is 4.74 Å². The Hall–Kier alpha value is -2.80. The van der Waals surface area contributed by atoms with Gasteiger partial charge in [-0.1, -0.05) is 0 Å². The van der Waals surface area contributed by atoms with Gasteiger partial charge in [0.25, 0.3) is 0 Å². The van der Waals surface area contributed by atoms with E-state index in [1.807, 2.05) is 0 Å². The molecule has 0 bridgehead atoms. The predicted molar refractivity (Wildman–Crippen MR) is 81.8 cm³/mol. The molecule has 0 aromatic heterocycles. The number of methoxy groups -OCH3 is 1. The summed E-state index contributed by atoms with van der Waals surface area (Å²) in [6, 6.07) is 2.34. The Labute approximate surface area is 137 Å². The van der Waals surface area contributed by atoms with E-state index in [0.717, 1.165) is 12.1 Å². The molecule has 3 atom stereocenters. The molecule has 0 unspecified atom stereocenters. The highest BCUT2D eigenvalue weighted by Crippen LogP contribution is 2.43. The first-order chi connectivity index (χ1) is 11.3. The maximum absolute atomic E-state index is 12.7. The molecular formula is C17H16O7. The molecule has 24 heavy (non-hydrogen) atoms. The summed E-state index contributed by atoms with van der Waals surface area (Å²) in [5.74, 6) is -5.00. The SMILES string of the molecule is COC1=C(O)[C@H]2C(=O)c3cc(O)c([C@H](C)O)cc3C(=O)[C@@H]2C(O)=C1. The van der Waals surface area contributed by atoms with Crippen molar-refractivity contribution < 1.29 is 34.8 Å². The zero-order valence-corrected chi connectivity index (χ0v) is 13.0. The molecule has 126 valence electrons. The summed E-state index contributed by atoms with van der Waals surface area (Å²) in [5, 5.41) is 40.0. The van der Waals surface area contributed by atoms with Crippen LogP contribution in [0.5, 0.6) is 5.75 Å². The van der Waals surface area contributed by atoms with Crippen LogP contribution < -0.4 is 0 Å². The second kappa shape index (κ2) is 5.38. The highest BCUT2D eigenvalue weighted by molar-refractivity contribution is 6.18. The Kier molecular flexibility index (Phi) is 3.60. The Balaban J connectivity index is 2.23. The monoisotopic (exact) mass is 332 g/mol. The first-order valence-corrected chi connectivity index (χ1v) is 7.29. The fourth-order valence-corrected chi connectivity index (χ4v) is 3.19. The van der Waals surface area contributed by atoms with Crippen molar-refractivity contribution >= 4 is 11.6 Å². The maximum Gasteiger partial charge on any atom is 0.175 e. The molecule has 0 radical (unpaired) electrons. The number of hydrogen-bond donors (Lipinski definition) is 4. The molecule has 0 fully saturated rings. The molecule has 0 saturated carbocycles. The number of carbonyl (C=O) groups is 2. The van der Waals surface area contributed by atoms with Crippen LogP contribution >= 0.6 is 0 Å². The lowest BCUT2D eigenvalue weighted by Crippen LogP contribution is -2.41. The highest BCUT2D eigenvalue weighted by atomic mass is 16.5. The number of fused-ring (bicyclic) bond motifs is 2. The van der Waals surface area contributed by atoms with Crippen molar-refractivity contribution in [1.82, 2.24) is 0 Å². The summed E-state index contributed by atoms with van der Waals surface area (Å²) >= 11 is 0. The van der Waals surface area contributed by atoms with Crippen LogP contribution in [0.1, 0.15) is 39.3 Å². The van der Waals surface area contributed by atoms with Gasteiger partial charge in [-0.05, 0) is 19.1 Å². The lowest BCUT2D eigenvalue weighted by Gasteiger charge is -2.33. The number of phenols is 1. The Bertz CT molecular complexity index is 816. The van der Waals surface area contributed by atoms with Gasteiger partial charge in [0.05, 0.1) is 19.1 Å². The van der Waals surface area contributed by atoms with Gasteiger partial charge in [-0.25, -0.2) is 0 Å². The van der Waals surface area contributed by atoms with E-state index in [2.05, 4.69) is 0 Å². The van der Waals surface area contributed by atoms with Crippen molar-refractivity contribution in [1.29, 1.82) is 0 Å². The first kappa shape index (κ1) is 16.1. The van der Waals surface area contributed by atoms with Gasteiger partial charge in [-0.15, -0.1) is 0 Å². The van der Waals surface area contributed by atoms with Gasteiger partial charge in [0.1, 0.15) is 23.2 Å². The molecule has 0 amide bonds. The minimum Gasteiger partial charge on any atom is -0.511 e. The fraction of sp³-hybridized carbons (Fsp3) is 0.294. The second-order valence-corrected chi connectivity index (χ2v) is 5.84. The predicted octanol–water partition coefficient (Wildman–Crippen LogP) is 1.93. The second-order valence-electron chi connectivity index (χ2n) is 5.84. The molecule has 0 saturated heterocycles. The third-order valence-corrected chi connectivity index (χ3v) is 4.41. The molecule has 0 heterocycles. The molecule has 0 aliphatic heterocycles. The van der Waals surface area contributed by atoms with E-state index in [-0.39, 0.29) is 34.0 Å². The van der Waals surface area contributed by atoms with Gasteiger partial charge < -0.3 is 25.2 Å². The number of phenolic OH excluding ortho intramolecular Hbond substituents is 1. The number of carbonyl (C=O) groups excluding carboxylic acids is 2. The van der Waals surface area contributed by atoms with Crippen molar-refractivity contribution in [2.75, 3.05) is 7.11 Å². The van der Waals surface area contributed by atoms with Gasteiger partial charge in [-0.3, -0.25) is 9.59 Å². The standard InChI is InChI=1S/C17H16O7/c1-6(18)7-3-8-9(4-10(7)19)16(22)14-13(15(8)21)11(20)5-12(24-2)17(14)23/h3-6,13-14,18-20,23H,1-2H3/t6-,13+,14+/m0/s1.